The van der Waals surface area contributed by atoms with Crippen LogP contribution in [0.1, 0.15) is 36.1 Å². The number of benzene rings is 1. The predicted molar refractivity (Wildman–Crippen MR) is 147 cm³/mol. The van der Waals surface area contributed by atoms with Gasteiger partial charge in [-0.15, -0.1) is 0 Å². The van der Waals surface area contributed by atoms with Gasteiger partial charge in [0.15, 0.2) is 0 Å². The van der Waals surface area contributed by atoms with Gasteiger partial charge in [-0.1, -0.05) is 6.58 Å². The average Bonchev–Trinajstić information content (AvgIpc) is 3.39. The Labute approximate surface area is 242 Å². The molecular formula is C29H33F4N7O2. The molecule has 0 aliphatic carbocycles. The number of fused-ring (bicyclic) bond motifs is 1. The number of alkyl halides is 3. The standard InChI is InChI=1S/C29H33F4N7O2/c1-3-26(41)40-14-13-39(16-20(40)8-10-34)27-22-9-12-38(25-7-6-19(30)15-23(25)29(31,32)33)17-24(22)35-28(36-27)42-18-21-5-4-11-37(21)2/h3,6-7,15,20-21H,1,4-5,8-9,11-14,16-18H2,2H3. The molecule has 1 amide bonds. The highest BCUT2D eigenvalue weighted by Gasteiger charge is 2.38. The maximum atomic E-state index is 13.8. The van der Waals surface area contributed by atoms with Gasteiger partial charge in [0.05, 0.1) is 36.3 Å². The molecule has 2 fully saturated rings. The fraction of sp³-hybridized carbons (Fsp3) is 0.517. The zero-order valence-electron chi connectivity index (χ0n) is 23.4. The maximum Gasteiger partial charge on any atom is 0.418 e. The summed E-state index contributed by atoms with van der Waals surface area (Å²) in [6.07, 6.45) is -0.990. The Kier molecular flexibility index (Phi) is 8.54. The predicted octanol–water partition coefficient (Wildman–Crippen LogP) is 3.79. The third-order valence-electron chi connectivity index (χ3n) is 8.27. The number of anilines is 2. The second-order valence-corrected chi connectivity index (χ2v) is 10.9. The zero-order chi connectivity index (χ0) is 30.0. The summed E-state index contributed by atoms with van der Waals surface area (Å²) in [5.41, 5.74) is 0.157. The molecule has 1 aromatic heterocycles. The van der Waals surface area contributed by atoms with E-state index in [9.17, 15) is 27.6 Å². The molecule has 2 saturated heterocycles. The van der Waals surface area contributed by atoms with Crippen molar-refractivity contribution >= 4 is 17.4 Å². The Morgan fingerprint density at radius 1 is 1.19 bits per heavy atom. The van der Waals surface area contributed by atoms with Crippen molar-refractivity contribution in [1.29, 1.82) is 5.26 Å². The number of halogens is 4. The van der Waals surface area contributed by atoms with Gasteiger partial charge < -0.3 is 24.3 Å². The summed E-state index contributed by atoms with van der Waals surface area (Å²) in [5.74, 6) is -0.611. The molecule has 0 radical (unpaired) electrons. The van der Waals surface area contributed by atoms with E-state index in [-0.39, 0.29) is 49.2 Å². The molecule has 13 heteroatoms. The third kappa shape index (κ3) is 6.13. The summed E-state index contributed by atoms with van der Waals surface area (Å²) in [5, 5.41) is 9.42. The molecule has 9 nitrogen and oxygen atoms in total. The van der Waals surface area contributed by atoms with Crippen molar-refractivity contribution in [2.24, 2.45) is 0 Å². The second-order valence-electron chi connectivity index (χ2n) is 10.9. The lowest BCUT2D eigenvalue weighted by Gasteiger charge is -2.42. The number of piperazine rings is 1. The van der Waals surface area contributed by atoms with E-state index in [2.05, 4.69) is 22.5 Å². The monoisotopic (exact) mass is 587 g/mol. The highest BCUT2D eigenvalue weighted by Crippen LogP contribution is 2.39. The molecule has 3 aliphatic rings. The Morgan fingerprint density at radius 2 is 2.00 bits per heavy atom. The van der Waals surface area contributed by atoms with Crippen LogP contribution in [0.5, 0.6) is 6.01 Å². The number of nitrogens with zero attached hydrogens (tertiary/aromatic N) is 7. The number of aromatic nitrogens is 2. The number of hydrogen-bond donors (Lipinski definition) is 0. The van der Waals surface area contributed by atoms with Gasteiger partial charge in [0.25, 0.3) is 0 Å². The topological polar surface area (TPSA) is 88.8 Å². The van der Waals surface area contributed by atoms with Crippen LogP contribution < -0.4 is 14.5 Å². The molecule has 42 heavy (non-hydrogen) atoms. The minimum absolute atomic E-state index is 0.0514. The number of amides is 1. The summed E-state index contributed by atoms with van der Waals surface area (Å²) in [6.45, 7) is 6.34. The van der Waals surface area contributed by atoms with E-state index in [0.29, 0.717) is 50.2 Å². The molecule has 2 atom stereocenters. The van der Waals surface area contributed by atoms with Crippen LogP contribution in [0.2, 0.25) is 0 Å². The van der Waals surface area contributed by atoms with Gasteiger partial charge in [0, 0.05) is 43.5 Å². The molecule has 0 bridgehead atoms. The number of rotatable bonds is 7. The van der Waals surface area contributed by atoms with Crippen molar-refractivity contribution < 1.29 is 27.1 Å². The van der Waals surface area contributed by atoms with Crippen LogP contribution in [-0.4, -0.2) is 84.1 Å². The van der Waals surface area contributed by atoms with Crippen LogP contribution in [0.3, 0.4) is 0 Å². The Hall–Kier alpha value is -3.92. The van der Waals surface area contributed by atoms with Gasteiger partial charge in [-0.3, -0.25) is 4.79 Å². The number of ether oxygens (including phenoxy) is 1. The van der Waals surface area contributed by atoms with Crippen molar-refractivity contribution in [1.82, 2.24) is 19.8 Å². The summed E-state index contributed by atoms with van der Waals surface area (Å²) >= 11 is 0. The van der Waals surface area contributed by atoms with E-state index < -0.39 is 17.6 Å². The SMILES string of the molecule is C=CC(=O)N1CCN(c2nc(OCC3CCCN3C)nc3c2CCN(c2ccc(F)cc2C(F)(F)F)C3)CC1CC#N. The van der Waals surface area contributed by atoms with E-state index in [1.54, 1.807) is 9.80 Å². The number of nitriles is 1. The summed E-state index contributed by atoms with van der Waals surface area (Å²) in [7, 11) is 2.03. The summed E-state index contributed by atoms with van der Waals surface area (Å²) in [6, 6.07) is 4.79. The highest BCUT2D eigenvalue weighted by atomic mass is 19.4. The number of carbonyl (C=O) groups excluding carboxylic acids is 1. The average molecular weight is 588 g/mol. The minimum Gasteiger partial charge on any atom is -0.462 e. The summed E-state index contributed by atoms with van der Waals surface area (Å²) < 4.78 is 61.4. The smallest absolute Gasteiger partial charge is 0.418 e. The molecule has 4 heterocycles. The lowest BCUT2D eigenvalue weighted by molar-refractivity contribution is -0.137. The third-order valence-corrected chi connectivity index (χ3v) is 8.27. The molecule has 2 aromatic rings. The van der Waals surface area contributed by atoms with Crippen LogP contribution in [0.4, 0.5) is 29.1 Å². The first kappa shape index (κ1) is 29.6. The van der Waals surface area contributed by atoms with Crippen molar-refractivity contribution in [2.45, 2.75) is 50.5 Å². The van der Waals surface area contributed by atoms with Crippen LogP contribution in [-0.2, 0) is 23.9 Å². The van der Waals surface area contributed by atoms with E-state index in [1.165, 1.54) is 6.08 Å². The van der Waals surface area contributed by atoms with Crippen LogP contribution in [0, 0.1) is 17.1 Å². The van der Waals surface area contributed by atoms with Crippen LogP contribution in [0.15, 0.2) is 30.9 Å². The van der Waals surface area contributed by atoms with Gasteiger partial charge >= 0.3 is 12.2 Å². The molecule has 2 unspecified atom stereocenters. The molecule has 0 spiro atoms. The van der Waals surface area contributed by atoms with E-state index in [1.807, 2.05) is 11.9 Å². The lowest BCUT2D eigenvalue weighted by Crippen LogP contribution is -2.55. The highest BCUT2D eigenvalue weighted by molar-refractivity contribution is 5.87. The van der Waals surface area contributed by atoms with Gasteiger partial charge in [-0.25, -0.2) is 4.39 Å². The van der Waals surface area contributed by atoms with Gasteiger partial charge in [0.2, 0.25) is 5.91 Å². The van der Waals surface area contributed by atoms with Crippen molar-refractivity contribution in [3.05, 3.63) is 53.5 Å². The molecule has 0 saturated carbocycles. The summed E-state index contributed by atoms with van der Waals surface area (Å²) in [4.78, 5) is 29.2. The molecule has 1 aromatic carbocycles. The zero-order valence-corrected chi connectivity index (χ0v) is 23.4. The second kappa shape index (κ2) is 12.1. The fourth-order valence-electron chi connectivity index (χ4n) is 6.03. The lowest BCUT2D eigenvalue weighted by atomic mass is 10.0. The Balaban J connectivity index is 1.48. The number of hydrogen-bond acceptors (Lipinski definition) is 8. The number of carbonyl (C=O) groups is 1. The van der Waals surface area contributed by atoms with Gasteiger partial charge in [-0.2, -0.15) is 28.4 Å². The maximum absolute atomic E-state index is 13.8. The Morgan fingerprint density at radius 3 is 2.69 bits per heavy atom. The normalized spacial score (nSPS) is 21.2. The molecule has 224 valence electrons. The Bertz CT molecular complexity index is 1380. The van der Waals surface area contributed by atoms with Crippen molar-refractivity contribution in [3.63, 3.8) is 0 Å². The van der Waals surface area contributed by atoms with Crippen LogP contribution in [0.25, 0.3) is 0 Å². The van der Waals surface area contributed by atoms with E-state index in [4.69, 9.17) is 9.72 Å². The quantitative estimate of drug-likeness (QED) is 0.357. The molecule has 3 aliphatic heterocycles. The molecular weight excluding hydrogens is 554 g/mol. The molecule has 5 rings (SSSR count). The van der Waals surface area contributed by atoms with E-state index >= 15 is 0 Å². The fourth-order valence-corrected chi connectivity index (χ4v) is 6.03. The first-order valence-electron chi connectivity index (χ1n) is 14.0. The van der Waals surface area contributed by atoms with Crippen molar-refractivity contribution in [2.75, 3.05) is 56.2 Å². The van der Waals surface area contributed by atoms with Crippen LogP contribution >= 0.6 is 0 Å². The largest absolute Gasteiger partial charge is 0.462 e. The number of likely N-dealkylation sites (N-methyl/N-ethyl adjacent to an activating group) is 1. The number of likely N-dealkylation sites (tertiary alicyclic amines) is 1. The van der Waals surface area contributed by atoms with E-state index in [0.717, 1.165) is 37.1 Å². The first-order valence-corrected chi connectivity index (χ1v) is 14.0. The minimum atomic E-state index is -4.73. The molecule has 0 N–H and O–H groups in total. The van der Waals surface area contributed by atoms with Gasteiger partial charge in [-0.05, 0) is 57.1 Å². The first-order chi connectivity index (χ1) is 20.1. The van der Waals surface area contributed by atoms with Gasteiger partial charge in [0.1, 0.15) is 18.2 Å². The van der Waals surface area contributed by atoms with Crippen molar-refractivity contribution in [3.8, 4) is 12.1 Å².